The molecule has 1 aliphatic rings. The lowest BCUT2D eigenvalue weighted by Gasteiger charge is -2.29. The largest absolute Gasteiger partial charge is 0.366 e. The van der Waals surface area contributed by atoms with E-state index in [1.165, 1.54) is 0 Å². The summed E-state index contributed by atoms with van der Waals surface area (Å²) in [5.74, 6) is -0.558. The number of hydrogen-bond acceptors (Lipinski definition) is 3. The van der Waals surface area contributed by atoms with Crippen molar-refractivity contribution in [3.8, 4) is 17.2 Å². The van der Waals surface area contributed by atoms with Crippen LogP contribution in [0, 0.1) is 17.2 Å². The molecular formula is C20H18ClN3O2. The fourth-order valence-electron chi connectivity index (χ4n) is 3.09. The minimum absolute atomic E-state index is 0.0260. The first-order valence-electron chi connectivity index (χ1n) is 8.38. The van der Waals surface area contributed by atoms with Crippen molar-refractivity contribution < 1.29 is 9.59 Å². The number of likely N-dealkylation sites (tertiary alicyclic amines) is 1. The Bertz CT molecular complexity index is 879. The molecule has 0 spiro atoms. The minimum Gasteiger partial charge on any atom is -0.366 e. The average molecular weight is 368 g/mol. The van der Waals surface area contributed by atoms with Gasteiger partial charge in [-0.1, -0.05) is 29.8 Å². The highest BCUT2D eigenvalue weighted by Gasteiger charge is 2.23. The maximum Gasteiger partial charge on any atom is 0.253 e. The molecule has 26 heavy (non-hydrogen) atoms. The first-order valence-corrected chi connectivity index (χ1v) is 8.76. The van der Waals surface area contributed by atoms with Gasteiger partial charge in [-0.2, -0.15) is 5.26 Å². The van der Waals surface area contributed by atoms with Crippen LogP contribution < -0.4 is 5.73 Å². The van der Waals surface area contributed by atoms with Crippen molar-refractivity contribution in [3.63, 3.8) is 0 Å². The second-order valence-electron chi connectivity index (χ2n) is 6.33. The molecule has 2 N–H and O–H groups in total. The molecule has 0 aromatic heterocycles. The Morgan fingerprint density at radius 3 is 2.27 bits per heavy atom. The topological polar surface area (TPSA) is 87.2 Å². The number of piperidine rings is 1. The fraction of sp³-hybridized carbons (Fsp3) is 0.250. The summed E-state index contributed by atoms with van der Waals surface area (Å²) in [6.45, 7) is 1.22. The van der Waals surface area contributed by atoms with Gasteiger partial charge in [0.15, 0.2) is 0 Å². The van der Waals surface area contributed by atoms with Gasteiger partial charge in [0.1, 0.15) is 0 Å². The lowest BCUT2D eigenvalue weighted by Crippen LogP contribution is -2.38. The van der Waals surface area contributed by atoms with Crippen molar-refractivity contribution in [2.45, 2.75) is 12.8 Å². The van der Waals surface area contributed by atoms with Gasteiger partial charge in [-0.05, 0) is 48.2 Å². The summed E-state index contributed by atoms with van der Waals surface area (Å²) < 4.78 is 0. The van der Waals surface area contributed by atoms with Crippen molar-refractivity contribution in [2.24, 2.45) is 11.7 Å². The van der Waals surface area contributed by atoms with Crippen LogP contribution in [0.15, 0.2) is 42.5 Å². The van der Waals surface area contributed by atoms with Gasteiger partial charge in [-0.15, -0.1) is 0 Å². The van der Waals surface area contributed by atoms with E-state index in [9.17, 15) is 9.59 Å². The molecule has 0 aliphatic carbocycles. The number of amides is 2. The first-order chi connectivity index (χ1) is 12.5. The average Bonchev–Trinajstić information content (AvgIpc) is 2.68. The number of halogens is 1. The third kappa shape index (κ3) is 3.71. The van der Waals surface area contributed by atoms with Crippen molar-refractivity contribution in [1.82, 2.24) is 4.90 Å². The summed E-state index contributed by atoms with van der Waals surface area (Å²) in [5, 5.41) is 9.27. The van der Waals surface area contributed by atoms with Crippen molar-refractivity contribution in [2.75, 3.05) is 13.1 Å². The highest BCUT2D eigenvalue weighted by Crippen LogP contribution is 2.26. The molecule has 3 rings (SSSR count). The Morgan fingerprint density at radius 2 is 1.69 bits per heavy atom. The summed E-state index contributed by atoms with van der Waals surface area (Å²) >= 11 is 5.98. The van der Waals surface area contributed by atoms with E-state index in [1.807, 2.05) is 12.1 Å². The van der Waals surface area contributed by atoms with Gasteiger partial charge in [0.05, 0.1) is 16.7 Å². The first kappa shape index (κ1) is 18.0. The number of nitrogens with two attached hydrogens (primary N) is 1. The molecule has 1 saturated heterocycles. The predicted molar refractivity (Wildman–Crippen MR) is 99.6 cm³/mol. The van der Waals surface area contributed by atoms with E-state index in [0.29, 0.717) is 23.7 Å². The Kier molecular flexibility index (Phi) is 5.24. The van der Waals surface area contributed by atoms with Gasteiger partial charge in [-0.25, -0.2) is 0 Å². The van der Waals surface area contributed by atoms with E-state index in [2.05, 4.69) is 6.07 Å². The van der Waals surface area contributed by atoms with Crippen LogP contribution in [-0.4, -0.2) is 29.8 Å². The smallest absolute Gasteiger partial charge is 0.253 e. The summed E-state index contributed by atoms with van der Waals surface area (Å²) in [6.07, 6.45) is 1.45. The Morgan fingerprint density at radius 1 is 1.08 bits per heavy atom. The normalized spacial score (nSPS) is 14.7. The maximum absolute atomic E-state index is 12.6. The molecule has 0 radical (unpaired) electrons. The maximum atomic E-state index is 12.6. The van der Waals surface area contributed by atoms with Gasteiger partial charge in [0.25, 0.3) is 5.91 Å². The summed E-state index contributed by atoms with van der Waals surface area (Å²) in [7, 11) is 0. The van der Waals surface area contributed by atoms with Crippen LogP contribution in [0.25, 0.3) is 11.1 Å². The molecule has 0 unspecified atom stereocenters. The van der Waals surface area contributed by atoms with Crippen LogP contribution in [0.5, 0.6) is 0 Å². The quantitative estimate of drug-likeness (QED) is 0.900. The van der Waals surface area contributed by atoms with E-state index in [1.54, 1.807) is 35.2 Å². The molecule has 0 saturated carbocycles. The van der Waals surface area contributed by atoms with E-state index in [0.717, 1.165) is 24.0 Å². The molecule has 1 aliphatic heterocycles. The number of nitrogens with zero attached hydrogens (tertiary/aromatic N) is 2. The molecule has 2 aromatic carbocycles. The summed E-state index contributed by atoms with van der Waals surface area (Å²) in [5.41, 5.74) is 7.87. The highest BCUT2D eigenvalue weighted by molar-refractivity contribution is 6.33. The third-order valence-electron chi connectivity index (χ3n) is 4.66. The summed E-state index contributed by atoms with van der Waals surface area (Å²) in [4.78, 5) is 25.8. The number of carbonyl (C=O) groups is 2. The van der Waals surface area contributed by atoms with Crippen LogP contribution in [0.3, 0.4) is 0 Å². The Labute approximate surface area is 157 Å². The van der Waals surface area contributed by atoms with Crippen LogP contribution in [0.2, 0.25) is 5.02 Å². The molecule has 6 heteroatoms. The van der Waals surface area contributed by atoms with Gasteiger partial charge in [0, 0.05) is 24.6 Å². The second kappa shape index (κ2) is 7.59. The highest BCUT2D eigenvalue weighted by atomic mass is 35.5. The molecule has 0 bridgehead atoms. The summed E-state index contributed by atoms with van der Waals surface area (Å²) in [6, 6.07) is 14.6. The molecular weight excluding hydrogens is 350 g/mol. The third-order valence-corrected chi connectivity index (χ3v) is 4.99. The van der Waals surface area contributed by atoms with Crippen molar-refractivity contribution in [3.05, 3.63) is 58.6 Å². The van der Waals surface area contributed by atoms with Crippen LogP contribution in [0.1, 0.15) is 33.6 Å². The number of rotatable bonds is 3. The second-order valence-corrected chi connectivity index (χ2v) is 6.74. The number of carbonyl (C=O) groups excluding carboxylic acids is 2. The van der Waals surface area contributed by atoms with Gasteiger partial charge < -0.3 is 10.6 Å². The van der Waals surface area contributed by atoms with Crippen LogP contribution in [0.4, 0.5) is 0 Å². The molecule has 2 aromatic rings. The fourth-order valence-corrected chi connectivity index (χ4v) is 3.30. The number of benzene rings is 2. The van der Waals surface area contributed by atoms with Gasteiger partial charge in [-0.3, -0.25) is 9.59 Å². The van der Waals surface area contributed by atoms with E-state index in [4.69, 9.17) is 22.6 Å². The molecule has 1 fully saturated rings. The lowest BCUT2D eigenvalue weighted by atomic mass is 9.97. The molecule has 132 valence electrons. The van der Waals surface area contributed by atoms with E-state index < -0.39 is 5.91 Å². The molecule has 2 amide bonds. The SMILES string of the molecule is N#CC1CCN(C(=O)c2ccc(-c3ccc(Cl)c(C(N)=O)c3)cc2)CC1. The van der Waals surface area contributed by atoms with Crippen molar-refractivity contribution in [1.29, 1.82) is 5.26 Å². The molecule has 5 nitrogen and oxygen atoms in total. The number of nitriles is 1. The lowest BCUT2D eigenvalue weighted by molar-refractivity contribution is 0.0707. The van der Waals surface area contributed by atoms with Crippen molar-refractivity contribution >= 4 is 23.4 Å². The van der Waals surface area contributed by atoms with Gasteiger partial charge in [0.2, 0.25) is 5.91 Å². The molecule has 0 atom stereocenters. The number of hydrogen-bond donors (Lipinski definition) is 1. The monoisotopic (exact) mass is 367 g/mol. The zero-order chi connectivity index (χ0) is 18.7. The standard InChI is InChI=1S/C20H18ClN3O2/c21-18-6-5-16(11-17(18)19(23)25)14-1-3-15(4-2-14)20(26)24-9-7-13(12-22)8-10-24/h1-6,11,13H,7-10H2,(H2,23,25). The zero-order valence-corrected chi connectivity index (χ0v) is 14.9. The predicted octanol–water partition coefficient (Wildman–Crippen LogP) is 3.48. The van der Waals surface area contributed by atoms with E-state index in [-0.39, 0.29) is 17.4 Å². The Balaban J connectivity index is 1.77. The van der Waals surface area contributed by atoms with Gasteiger partial charge >= 0.3 is 0 Å². The van der Waals surface area contributed by atoms with Crippen LogP contribution >= 0.6 is 11.6 Å². The molecule has 1 heterocycles. The zero-order valence-electron chi connectivity index (χ0n) is 14.1. The Hall–Kier alpha value is -2.84. The minimum atomic E-state index is -0.579. The van der Waals surface area contributed by atoms with Crippen LogP contribution in [-0.2, 0) is 0 Å². The van der Waals surface area contributed by atoms with E-state index >= 15 is 0 Å². The number of primary amides is 1.